The van der Waals surface area contributed by atoms with Crippen LogP contribution in [-0.2, 0) is 11.3 Å². The van der Waals surface area contributed by atoms with Gasteiger partial charge in [0.2, 0.25) is 0 Å². The molecule has 1 N–H and O–H groups in total. The van der Waals surface area contributed by atoms with Crippen LogP contribution in [0.2, 0.25) is 0 Å². The lowest BCUT2D eigenvalue weighted by Crippen LogP contribution is -2.22. The third kappa shape index (κ3) is 4.70. The third-order valence-electron chi connectivity index (χ3n) is 3.83. The Morgan fingerprint density at radius 1 is 1.00 bits per heavy atom. The quantitative estimate of drug-likeness (QED) is 0.749. The number of rotatable bonds is 6. The van der Waals surface area contributed by atoms with Crippen LogP contribution < -0.4 is 10.1 Å². The standard InChI is InChI=1S/C20H21N3O2/c1-15-3-7-17(8-4-15)13-23-19(11-12-21-23)22-20(24)14-25-18-9-5-16(2)6-10-18/h3-12H,13-14H2,1-2H3,(H,22,24). The molecule has 0 unspecified atom stereocenters. The van der Waals surface area contributed by atoms with Crippen LogP contribution in [0.15, 0.2) is 60.8 Å². The van der Waals surface area contributed by atoms with E-state index in [4.69, 9.17) is 4.74 Å². The molecule has 3 aromatic rings. The van der Waals surface area contributed by atoms with Crippen molar-refractivity contribution >= 4 is 11.7 Å². The Labute approximate surface area is 147 Å². The van der Waals surface area contributed by atoms with Gasteiger partial charge in [0.25, 0.3) is 5.91 Å². The molecule has 0 aliphatic rings. The van der Waals surface area contributed by atoms with Crippen molar-refractivity contribution < 1.29 is 9.53 Å². The number of nitrogens with zero attached hydrogens (tertiary/aromatic N) is 2. The van der Waals surface area contributed by atoms with Crippen LogP contribution in [0, 0.1) is 13.8 Å². The highest BCUT2D eigenvalue weighted by Crippen LogP contribution is 2.13. The van der Waals surface area contributed by atoms with E-state index in [0.717, 1.165) is 11.1 Å². The Kier molecular flexibility index (Phi) is 5.14. The van der Waals surface area contributed by atoms with Gasteiger partial charge in [-0.3, -0.25) is 4.79 Å². The summed E-state index contributed by atoms with van der Waals surface area (Å²) >= 11 is 0. The van der Waals surface area contributed by atoms with Gasteiger partial charge >= 0.3 is 0 Å². The lowest BCUT2D eigenvalue weighted by Gasteiger charge is -2.10. The van der Waals surface area contributed by atoms with Crippen LogP contribution in [0.5, 0.6) is 5.75 Å². The molecule has 0 bridgehead atoms. The normalized spacial score (nSPS) is 10.5. The van der Waals surface area contributed by atoms with Gasteiger partial charge < -0.3 is 10.1 Å². The molecule has 0 saturated heterocycles. The van der Waals surface area contributed by atoms with Gasteiger partial charge in [0.05, 0.1) is 12.7 Å². The van der Waals surface area contributed by atoms with E-state index in [1.807, 2.05) is 31.2 Å². The van der Waals surface area contributed by atoms with Crippen LogP contribution in [0.1, 0.15) is 16.7 Å². The number of carbonyl (C=O) groups is 1. The summed E-state index contributed by atoms with van der Waals surface area (Å²) < 4.78 is 7.26. The van der Waals surface area contributed by atoms with E-state index in [0.29, 0.717) is 18.1 Å². The minimum Gasteiger partial charge on any atom is -0.484 e. The van der Waals surface area contributed by atoms with Crippen LogP contribution in [0.4, 0.5) is 5.82 Å². The van der Waals surface area contributed by atoms with Crippen molar-refractivity contribution in [2.75, 3.05) is 11.9 Å². The molecule has 0 fully saturated rings. The lowest BCUT2D eigenvalue weighted by atomic mass is 10.1. The fourth-order valence-electron chi connectivity index (χ4n) is 2.39. The van der Waals surface area contributed by atoms with Crippen molar-refractivity contribution in [1.82, 2.24) is 9.78 Å². The number of ether oxygens (including phenoxy) is 1. The Morgan fingerprint density at radius 3 is 2.32 bits per heavy atom. The van der Waals surface area contributed by atoms with E-state index in [1.165, 1.54) is 5.56 Å². The minimum atomic E-state index is -0.216. The highest BCUT2D eigenvalue weighted by Gasteiger charge is 2.08. The van der Waals surface area contributed by atoms with Crippen molar-refractivity contribution in [2.45, 2.75) is 20.4 Å². The van der Waals surface area contributed by atoms with Crippen LogP contribution >= 0.6 is 0 Å². The summed E-state index contributed by atoms with van der Waals surface area (Å²) in [6.45, 7) is 4.61. The molecule has 3 rings (SSSR count). The smallest absolute Gasteiger partial charge is 0.263 e. The van der Waals surface area contributed by atoms with E-state index < -0.39 is 0 Å². The van der Waals surface area contributed by atoms with Crippen molar-refractivity contribution in [3.63, 3.8) is 0 Å². The predicted molar refractivity (Wildman–Crippen MR) is 97.8 cm³/mol. The fourth-order valence-corrected chi connectivity index (χ4v) is 2.39. The molecule has 0 atom stereocenters. The van der Waals surface area contributed by atoms with Gasteiger partial charge in [-0.05, 0) is 31.5 Å². The number of hydrogen-bond acceptors (Lipinski definition) is 3. The molecule has 128 valence electrons. The van der Waals surface area contributed by atoms with E-state index in [1.54, 1.807) is 16.9 Å². The number of hydrogen-bond donors (Lipinski definition) is 1. The molecule has 1 amide bonds. The summed E-state index contributed by atoms with van der Waals surface area (Å²) in [6.07, 6.45) is 1.67. The molecule has 0 aliphatic carbocycles. The molecule has 1 aromatic heterocycles. The molecule has 0 spiro atoms. The third-order valence-corrected chi connectivity index (χ3v) is 3.83. The minimum absolute atomic E-state index is 0.0429. The van der Waals surface area contributed by atoms with Gasteiger partial charge in [-0.15, -0.1) is 0 Å². The second-order valence-electron chi connectivity index (χ2n) is 6.01. The SMILES string of the molecule is Cc1ccc(Cn2nccc2NC(=O)COc2ccc(C)cc2)cc1. The number of aromatic nitrogens is 2. The first-order valence-corrected chi connectivity index (χ1v) is 8.17. The maximum atomic E-state index is 12.1. The van der Waals surface area contributed by atoms with E-state index in [-0.39, 0.29) is 12.5 Å². The summed E-state index contributed by atoms with van der Waals surface area (Å²) in [7, 11) is 0. The molecule has 5 heteroatoms. The molecule has 2 aromatic carbocycles. The first kappa shape index (κ1) is 16.8. The summed E-state index contributed by atoms with van der Waals surface area (Å²) in [6, 6.07) is 17.6. The second-order valence-corrected chi connectivity index (χ2v) is 6.01. The van der Waals surface area contributed by atoms with Crippen LogP contribution in [0.3, 0.4) is 0 Å². The Bertz CT molecular complexity index is 836. The lowest BCUT2D eigenvalue weighted by molar-refractivity contribution is -0.118. The van der Waals surface area contributed by atoms with E-state index in [2.05, 4.69) is 41.6 Å². The highest BCUT2D eigenvalue weighted by molar-refractivity contribution is 5.91. The molecule has 0 saturated carbocycles. The zero-order valence-corrected chi connectivity index (χ0v) is 14.4. The van der Waals surface area contributed by atoms with E-state index >= 15 is 0 Å². The number of nitrogens with one attached hydrogen (secondary N) is 1. The molecule has 25 heavy (non-hydrogen) atoms. The van der Waals surface area contributed by atoms with Gasteiger partial charge in [-0.25, -0.2) is 4.68 Å². The number of benzene rings is 2. The summed E-state index contributed by atoms with van der Waals surface area (Å²) in [5.74, 6) is 1.11. The van der Waals surface area contributed by atoms with Gasteiger partial charge in [-0.2, -0.15) is 5.10 Å². The van der Waals surface area contributed by atoms with Gasteiger partial charge in [0, 0.05) is 6.07 Å². The summed E-state index contributed by atoms with van der Waals surface area (Å²) in [5, 5.41) is 7.12. The molecular weight excluding hydrogens is 314 g/mol. The van der Waals surface area contributed by atoms with Crippen molar-refractivity contribution in [3.8, 4) is 5.75 Å². The number of anilines is 1. The predicted octanol–water partition coefficient (Wildman–Crippen LogP) is 3.57. The maximum absolute atomic E-state index is 12.1. The topological polar surface area (TPSA) is 56.2 Å². The summed E-state index contributed by atoms with van der Waals surface area (Å²) in [5.41, 5.74) is 3.49. The largest absolute Gasteiger partial charge is 0.484 e. The number of amides is 1. The molecule has 0 radical (unpaired) electrons. The molecule has 0 aliphatic heterocycles. The van der Waals surface area contributed by atoms with Crippen LogP contribution in [-0.4, -0.2) is 22.3 Å². The maximum Gasteiger partial charge on any atom is 0.263 e. The van der Waals surface area contributed by atoms with Gasteiger partial charge in [0.15, 0.2) is 6.61 Å². The molecule has 5 nitrogen and oxygen atoms in total. The average Bonchev–Trinajstić information content (AvgIpc) is 3.03. The first-order valence-electron chi connectivity index (χ1n) is 8.17. The number of carbonyl (C=O) groups excluding carboxylic acids is 1. The first-order chi connectivity index (χ1) is 12.1. The van der Waals surface area contributed by atoms with E-state index in [9.17, 15) is 4.79 Å². The van der Waals surface area contributed by atoms with Gasteiger partial charge in [0.1, 0.15) is 11.6 Å². The van der Waals surface area contributed by atoms with Crippen molar-refractivity contribution in [2.24, 2.45) is 0 Å². The zero-order chi connectivity index (χ0) is 17.6. The monoisotopic (exact) mass is 335 g/mol. The Hall–Kier alpha value is -3.08. The fraction of sp³-hybridized carbons (Fsp3) is 0.200. The van der Waals surface area contributed by atoms with Gasteiger partial charge in [-0.1, -0.05) is 47.5 Å². The molecular formula is C20H21N3O2. The average molecular weight is 335 g/mol. The Morgan fingerprint density at radius 2 is 1.64 bits per heavy atom. The second kappa shape index (κ2) is 7.66. The van der Waals surface area contributed by atoms with Crippen molar-refractivity contribution in [1.29, 1.82) is 0 Å². The highest BCUT2D eigenvalue weighted by atomic mass is 16.5. The molecule has 1 heterocycles. The number of aryl methyl sites for hydroxylation is 2. The van der Waals surface area contributed by atoms with Crippen molar-refractivity contribution in [3.05, 3.63) is 77.5 Å². The Balaban J connectivity index is 1.57. The van der Waals surface area contributed by atoms with Crippen LogP contribution in [0.25, 0.3) is 0 Å². The summed E-state index contributed by atoms with van der Waals surface area (Å²) in [4.78, 5) is 12.1. The zero-order valence-electron chi connectivity index (χ0n) is 14.4.